The Morgan fingerprint density at radius 1 is 1.00 bits per heavy atom. The highest BCUT2D eigenvalue weighted by molar-refractivity contribution is 5.55. The van der Waals surface area contributed by atoms with Gasteiger partial charge in [-0.15, -0.1) is 0 Å². The molecule has 3 aromatic rings. The third-order valence-corrected chi connectivity index (χ3v) is 3.69. The number of hydrogen-bond donors (Lipinski definition) is 1. The van der Waals surface area contributed by atoms with Crippen molar-refractivity contribution in [3.05, 3.63) is 70.3 Å². The zero-order valence-corrected chi connectivity index (χ0v) is 14.4. The lowest BCUT2D eigenvalue weighted by Gasteiger charge is -2.09. The molecule has 0 aliphatic carbocycles. The van der Waals surface area contributed by atoms with Crippen molar-refractivity contribution in [3.63, 3.8) is 0 Å². The molecule has 0 bridgehead atoms. The summed E-state index contributed by atoms with van der Waals surface area (Å²) in [6.07, 6.45) is -1.94. The number of halogens is 3. The van der Waals surface area contributed by atoms with Crippen LogP contribution in [0.2, 0.25) is 0 Å². The summed E-state index contributed by atoms with van der Waals surface area (Å²) in [5.74, 6) is 0. The molecule has 2 aromatic heterocycles. The highest BCUT2D eigenvalue weighted by atomic mass is 19.4. The zero-order chi connectivity index (χ0) is 20.1. The third-order valence-electron chi connectivity index (χ3n) is 3.69. The van der Waals surface area contributed by atoms with Crippen LogP contribution < -0.4 is 10.3 Å². The number of aliphatic hydroxyl groups excluding tert-OH is 1. The lowest BCUT2D eigenvalue weighted by atomic mass is 10.1. The van der Waals surface area contributed by atoms with E-state index in [1.807, 2.05) is 0 Å². The second kappa shape index (κ2) is 8.17. The van der Waals surface area contributed by atoms with Gasteiger partial charge in [0.15, 0.2) is 6.61 Å². The number of benzene rings is 1. The second-order valence-corrected chi connectivity index (χ2v) is 5.85. The van der Waals surface area contributed by atoms with Crippen molar-refractivity contribution < 1.29 is 23.0 Å². The van der Waals surface area contributed by atoms with Gasteiger partial charge in [0, 0.05) is 24.0 Å². The minimum Gasteiger partial charge on any atom is -0.454 e. The monoisotopic (exact) mass is 392 g/mol. The van der Waals surface area contributed by atoms with E-state index in [1.165, 1.54) is 29.2 Å². The molecule has 3 rings (SSSR count). The standard InChI is InChI=1S/C18H15F3N4O3/c19-18(20,21)11-28-17-22-7-14(8-23-17)15-5-6-16(27)25(24-15)9-12-1-3-13(10-26)4-2-12/h1-8,26H,9-11H2. The molecule has 0 saturated heterocycles. The molecule has 0 aliphatic rings. The smallest absolute Gasteiger partial charge is 0.422 e. The Morgan fingerprint density at radius 2 is 1.64 bits per heavy atom. The molecule has 0 radical (unpaired) electrons. The number of nitrogens with zero attached hydrogens (tertiary/aromatic N) is 4. The fourth-order valence-electron chi connectivity index (χ4n) is 2.31. The molecule has 0 atom stereocenters. The highest BCUT2D eigenvalue weighted by Crippen LogP contribution is 2.18. The topological polar surface area (TPSA) is 90.1 Å². The van der Waals surface area contributed by atoms with Crippen LogP contribution in [0.5, 0.6) is 6.01 Å². The number of aliphatic hydroxyl groups is 1. The quantitative estimate of drug-likeness (QED) is 0.692. The summed E-state index contributed by atoms with van der Waals surface area (Å²) < 4.78 is 42.2. The molecule has 2 heterocycles. The first-order valence-electron chi connectivity index (χ1n) is 8.13. The second-order valence-electron chi connectivity index (χ2n) is 5.85. The van der Waals surface area contributed by atoms with E-state index in [0.29, 0.717) is 11.3 Å². The fourth-order valence-corrected chi connectivity index (χ4v) is 2.31. The van der Waals surface area contributed by atoms with Gasteiger partial charge in [-0.25, -0.2) is 14.6 Å². The minimum absolute atomic E-state index is 0.0728. The van der Waals surface area contributed by atoms with Crippen LogP contribution >= 0.6 is 0 Å². The highest BCUT2D eigenvalue weighted by Gasteiger charge is 2.28. The van der Waals surface area contributed by atoms with E-state index in [2.05, 4.69) is 19.8 Å². The van der Waals surface area contributed by atoms with Crippen molar-refractivity contribution in [1.29, 1.82) is 0 Å². The maximum Gasteiger partial charge on any atom is 0.422 e. The van der Waals surface area contributed by atoms with Gasteiger partial charge in [-0.2, -0.15) is 18.3 Å². The molecule has 146 valence electrons. The van der Waals surface area contributed by atoms with Crippen molar-refractivity contribution in [3.8, 4) is 17.3 Å². The molecule has 0 spiro atoms. The number of ether oxygens (including phenoxy) is 1. The Labute approximate surface area is 157 Å². The van der Waals surface area contributed by atoms with Crippen LogP contribution in [0.1, 0.15) is 11.1 Å². The first kappa shape index (κ1) is 19.5. The maximum absolute atomic E-state index is 12.2. The molecule has 0 unspecified atom stereocenters. The first-order valence-corrected chi connectivity index (χ1v) is 8.13. The average Bonchev–Trinajstić information content (AvgIpc) is 2.68. The molecule has 7 nitrogen and oxygen atoms in total. The lowest BCUT2D eigenvalue weighted by molar-refractivity contribution is -0.154. The number of rotatable bonds is 6. The molecule has 0 saturated carbocycles. The summed E-state index contributed by atoms with van der Waals surface area (Å²) in [6.45, 7) is -1.34. The predicted octanol–water partition coefficient (Wildman–Crippen LogP) is 2.18. The summed E-state index contributed by atoms with van der Waals surface area (Å²) in [5, 5.41) is 13.3. The van der Waals surface area contributed by atoms with Gasteiger partial charge in [-0.3, -0.25) is 4.79 Å². The number of aromatic nitrogens is 4. The van der Waals surface area contributed by atoms with Gasteiger partial charge >= 0.3 is 12.2 Å². The summed E-state index contributed by atoms with van der Waals surface area (Å²) in [6, 6.07) is 9.46. The Hall–Kier alpha value is -3.27. The largest absolute Gasteiger partial charge is 0.454 e. The minimum atomic E-state index is -4.48. The van der Waals surface area contributed by atoms with Gasteiger partial charge in [0.2, 0.25) is 0 Å². The van der Waals surface area contributed by atoms with Crippen LogP contribution in [0.4, 0.5) is 13.2 Å². The number of hydrogen-bond acceptors (Lipinski definition) is 6. The van der Waals surface area contributed by atoms with E-state index >= 15 is 0 Å². The van der Waals surface area contributed by atoms with Gasteiger partial charge in [0.1, 0.15) is 0 Å². The molecule has 0 aliphatic heterocycles. The Kier molecular flexibility index (Phi) is 5.69. The van der Waals surface area contributed by atoms with E-state index in [4.69, 9.17) is 5.11 Å². The summed E-state index contributed by atoms with van der Waals surface area (Å²) in [5.41, 5.74) is 2.05. The van der Waals surface area contributed by atoms with E-state index < -0.39 is 18.8 Å². The van der Waals surface area contributed by atoms with Crippen LogP contribution in [0.15, 0.2) is 53.6 Å². The van der Waals surface area contributed by atoms with E-state index in [0.717, 1.165) is 11.1 Å². The normalized spacial score (nSPS) is 11.4. The molecule has 0 amide bonds. The van der Waals surface area contributed by atoms with Crippen molar-refractivity contribution in [2.75, 3.05) is 6.61 Å². The zero-order valence-electron chi connectivity index (χ0n) is 14.4. The molecule has 1 aromatic carbocycles. The van der Waals surface area contributed by atoms with Crippen LogP contribution in [0.3, 0.4) is 0 Å². The fraction of sp³-hybridized carbons (Fsp3) is 0.222. The Bertz CT molecular complexity index is 987. The lowest BCUT2D eigenvalue weighted by Crippen LogP contribution is -2.23. The molecule has 10 heteroatoms. The van der Waals surface area contributed by atoms with Gasteiger partial charge in [0.05, 0.1) is 18.8 Å². The summed E-state index contributed by atoms with van der Waals surface area (Å²) >= 11 is 0. The Morgan fingerprint density at radius 3 is 2.25 bits per heavy atom. The maximum atomic E-state index is 12.2. The number of alkyl halides is 3. The summed E-state index contributed by atoms with van der Waals surface area (Å²) in [4.78, 5) is 19.5. The SMILES string of the molecule is O=c1ccc(-c2cnc(OCC(F)(F)F)nc2)nn1Cc1ccc(CO)cc1. The van der Waals surface area contributed by atoms with Crippen LogP contribution in [-0.2, 0) is 13.2 Å². The van der Waals surface area contributed by atoms with E-state index in [-0.39, 0.29) is 18.7 Å². The van der Waals surface area contributed by atoms with Crippen molar-refractivity contribution in [2.45, 2.75) is 19.3 Å². The van der Waals surface area contributed by atoms with Crippen LogP contribution in [0, 0.1) is 0 Å². The average molecular weight is 392 g/mol. The molecular formula is C18H15F3N4O3. The van der Waals surface area contributed by atoms with Crippen molar-refractivity contribution >= 4 is 0 Å². The van der Waals surface area contributed by atoms with Gasteiger partial charge in [-0.05, 0) is 17.2 Å². The van der Waals surface area contributed by atoms with Crippen molar-refractivity contribution in [2.24, 2.45) is 0 Å². The predicted molar refractivity (Wildman–Crippen MR) is 92.5 cm³/mol. The summed E-state index contributed by atoms with van der Waals surface area (Å²) in [7, 11) is 0. The third kappa shape index (κ3) is 5.13. The van der Waals surface area contributed by atoms with Crippen LogP contribution in [0.25, 0.3) is 11.3 Å². The first-order chi connectivity index (χ1) is 13.3. The van der Waals surface area contributed by atoms with E-state index in [1.54, 1.807) is 24.3 Å². The van der Waals surface area contributed by atoms with Crippen LogP contribution in [-0.4, -0.2) is 37.6 Å². The molecule has 0 fully saturated rings. The van der Waals surface area contributed by atoms with Gasteiger partial charge in [0.25, 0.3) is 5.56 Å². The molecule has 28 heavy (non-hydrogen) atoms. The van der Waals surface area contributed by atoms with Crippen molar-refractivity contribution in [1.82, 2.24) is 19.7 Å². The van der Waals surface area contributed by atoms with Gasteiger partial charge < -0.3 is 9.84 Å². The van der Waals surface area contributed by atoms with E-state index in [9.17, 15) is 18.0 Å². The van der Waals surface area contributed by atoms with Gasteiger partial charge in [-0.1, -0.05) is 24.3 Å². The molecular weight excluding hydrogens is 377 g/mol. The Balaban J connectivity index is 1.77. The molecule has 1 N–H and O–H groups in total.